The highest BCUT2D eigenvalue weighted by atomic mass is 16.6. The van der Waals surface area contributed by atoms with Crippen LogP contribution in [0.5, 0.6) is 0 Å². The summed E-state index contributed by atoms with van der Waals surface area (Å²) < 4.78 is 16.9. The summed E-state index contributed by atoms with van der Waals surface area (Å²) in [4.78, 5) is 38.3. The molecule has 0 heterocycles. The van der Waals surface area contributed by atoms with E-state index >= 15 is 0 Å². The number of esters is 3. The maximum Gasteiger partial charge on any atom is 0.306 e. The van der Waals surface area contributed by atoms with Gasteiger partial charge in [0, 0.05) is 19.3 Å². The Morgan fingerprint density at radius 2 is 0.493 bits per heavy atom. The lowest BCUT2D eigenvalue weighted by Crippen LogP contribution is -2.30. The number of unbranched alkanes of at least 4 members (excludes halogenated alkanes) is 22. The van der Waals surface area contributed by atoms with Gasteiger partial charge in [-0.05, 0) is 122 Å². The summed E-state index contributed by atoms with van der Waals surface area (Å²) in [7, 11) is 0. The van der Waals surface area contributed by atoms with Crippen LogP contribution in [0.2, 0.25) is 0 Å². The Morgan fingerprint density at radius 1 is 0.274 bits per heavy atom. The Morgan fingerprint density at radius 3 is 0.767 bits per heavy atom. The van der Waals surface area contributed by atoms with Gasteiger partial charge < -0.3 is 14.2 Å². The summed E-state index contributed by atoms with van der Waals surface area (Å²) in [6.45, 7) is 6.29. The van der Waals surface area contributed by atoms with Gasteiger partial charge in [0.05, 0.1) is 0 Å². The predicted molar refractivity (Wildman–Crippen MR) is 316 cm³/mol. The van der Waals surface area contributed by atoms with E-state index in [1.54, 1.807) is 0 Å². The molecule has 6 heteroatoms. The summed E-state index contributed by atoms with van der Waals surface area (Å²) >= 11 is 0. The van der Waals surface area contributed by atoms with Crippen LogP contribution in [0, 0.1) is 0 Å². The van der Waals surface area contributed by atoms with Gasteiger partial charge in [-0.3, -0.25) is 14.4 Å². The van der Waals surface area contributed by atoms with Crippen molar-refractivity contribution in [3.63, 3.8) is 0 Å². The van der Waals surface area contributed by atoms with Crippen molar-refractivity contribution in [3.05, 3.63) is 122 Å². The maximum atomic E-state index is 12.9. The molecule has 6 nitrogen and oxygen atoms in total. The Hall–Kier alpha value is -4.19. The van der Waals surface area contributed by atoms with Gasteiger partial charge in [-0.15, -0.1) is 0 Å². The van der Waals surface area contributed by atoms with E-state index in [2.05, 4.69) is 142 Å². The van der Waals surface area contributed by atoms with Gasteiger partial charge >= 0.3 is 17.9 Å². The van der Waals surface area contributed by atoms with Crippen LogP contribution in [0.4, 0.5) is 0 Å². The molecule has 0 fully saturated rings. The van der Waals surface area contributed by atoms with Crippen molar-refractivity contribution in [2.24, 2.45) is 0 Å². The van der Waals surface area contributed by atoms with Crippen LogP contribution in [-0.2, 0) is 28.6 Å². The lowest BCUT2D eigenvalue weighted by molar-refractivity contribution is -0.167. The van der Waals surface area contributed by atoms with E-state index in [0.717, 1.165) is 148 Å². The molecule has 0 aliphatic heterocycles. The first-order chi connectivity index (χ1) is 36.0. The van der Waals surface area contributed by atoms with Crippen molar-refractivity contribution in [2.75, 3.05) is 13.2 Å². The molecule has 0 aromatic heterocycles. The van der Waals surface area contributed by atoms with Crippen LogP contribution in [0.3, 0.4) is 0 Å². The minimum Gasteiger partial charge on any atom is -0.462 e. The molecule has 0 amide bonds. The normalized spacial score (nSPS) is 13.0. The van der Waals surface area contributed by atoms with Crippen LogP contribution in [0.15, 0.2) is 122 Å². The van der Waals surface area contributed by atoms with Crippen molar-refractivity contribution in [1.82, 2.24) is 0 Å². The first kappa shape index (κ1) is 68.8. The van der Waals surface area contributed by atoms with Crippen molar-refractivity contribution in [2.45, 2.75) is 271 Å². The fraction of sp³-hybridized carbons (Fsp3) is 0.657. The number of ether oxygens (including phenoxy) is 3. The van der Waals surface area contributed by atoms with Gasteiger partial charge in [-0.25, -0.2) is 0 Å². The number of hydrogen-bond donors (Lipinski definition) is 0. The minimum atomic E-state index is -0.797. The monoisotopic (exact) mass is 1010 g/mol. The number of allylic oxidation sites excluding steroid dienone is 20. The lowest BCUT2D eigenvalue weighted by atomic mass is 10.1. The van der Waals surface area contributed by atoms with E-state index in [9.17, 15) is 14.4 Å². The lowest BCUT2D eigenvalue weighted by Gasteiger charge is -2.18. The number of carbonyl (C=O) groups excluding carboxylic acids is 3. The highest BCUT2D eigenvalue weighted by Crippen LogP contribution is 2.15. The average Bonchev–Trinajstić information content (AvgIpc) is 3.39. The Labute approximate surface area is 450 Å². The molecule has 0 N–H and O–H groups in total. The van der Waals surface area contributed by atoms with E-state index in [1.165, 1.54) is 77.0 Å². The van der Waals surface area contributed by atoms with Gasteiger partial charge in [0.1, 0.15) is 13.2 Å². The van der Waals surface area contributed by atoms with E-state index in [1.807, 2.05) is 0 Å². The quantitative estimate of drug-likeness (QED) is 0.0261. The molecule has 0 radical (unpaired) electrons. The molecule has 0 spiro atoms. The van der Waals surface area contributed by atoms with Crippen LogP contribution in [0.25, 0.3) is 0 Å². The zero-order valence-corrected chi connectivity index (χ0v) is 47.4. The largest absolute Gasteiger partial charge is 0.462 e. The SMILES string of the molecule is CC/C=C\C/C=C\C/C=C\C/C=C\CCCCCCCCCCCCC(=O)OCC(COC(=O)CCCCCCC/C=C\C/C=C\C/C=C\CC)OC(=O)CCCCCCCCC/C=C\C/C=C\C/C=C\CC. The molecular weight excluding hydrogens is 901 g/mol. The van der Waals surface area contributed by atoms with E-state index in [4.69, 9.17) is 14.2 Å². The Kier molecular flexibility index (Phi) is 56.9. The molecule has 0 saturated carbocycles. The standard InChI is InChI=1S/C67H110O6/c1-4-7-10-13-16-19-22-25-28-30-31-32-33-34-35-37-39-42-45-48-51-54-57-60-66(69)72-63-64(62-71-65(68)59-56-53-50-47-44-41-38-27-24-21-18-15-12-9-6-3)73-67(70)61-58-55-52-49-46-43-40-36-29-26-23-20-17-14-11-8-5-2/h7-12,16-21,25-29,31-32,38,64H,4-6,13-15,22-24,30,33-37,39-63H2,1-3H3/b10-7-,11-8-,12-9-,19-16-,20-17-,21-18-,28-25-,29-26-,32-31-,38-27-. The summed E-state index contributed by atoms with van der Waals surface area (Å²) in [6.07, 6.45) is 83.3. The molecule has 414 valence electrons. The van der Waals surface area contributed by atoms with Gasteiger partial charge in [0.25, 0.3) is 0 Å². The molecule has 0 aromatic carbocycles. The first-order valence-corrected chi connectivity index (χ1v) is 30.0. The number of rotatable bonds is 53. The second-order valence-corrected chi connectivity index (χ2v) is 19.5. The second kappa shape index (κ2) is 60.4. The highest BCUT2D eigenvalue weighted by Gasteiger charge is 2.19. The van der Waals surface area contributed by atoms with Gasteiger partial charge in [0.15, 0.2) is 6.10 Å². The third-order valence-corrected chi connectivity index (χ3v) is 12.4. The van der Waals surface area contributed by atoms with Crippen molar-refractivity contribution < 1.29 is 28.6 Å². The third kappa shape index (κ3) is 58.6. The van der Waals surface area contributed by atoms with Gasteiger partial charge in [-0.2, -0.15) is 0 Å². The maximum absolute atomic E-state index is 12.9. The number of hydrogen-bond acceptors (Lipinski definition) is 6. The van der Waals surface area contributed by atoms with E-state index in [0.29, 0.717) is 19.3 Å². The van der Waals surface area contributed by atoms with E-state index < -0.39 is 6.10 Å². The summed E-state index contributed by atoms with van der Waals surface area (Å²) in [5.74, 6) is -0.922. The van der Waals surface area contributed by atoms with Crippen molar-refractivity contribution in [3.8, 4) is 0 Å². The Bertz CT molecular complexity index is 1540. The topological polar surface area (TPSA) is 78.9 Å². The van der Waals surface area contributed by atoms with Crippen LogP contribution >= 0.6 is 0 Å². The molecule has 1 unspecified atom stereocenters. The third-order valence-electron chi connectivity index (χ3n) is 12.4. The van der Waals surface area contributed by atoms with Crippen LogP contribution in [-0.4, -0.2) is 37.2 Å². The molecular formula is C67H110O6. The molecule has 73 heavy (non-hydrogen) atoms. The van der Waals surface area contributed by atoms with E-state index in [-0.39, 0.29) is 31.1 Å². The van der Waals surface area contributed by atoms with Crippen molar-refractivity contribution in [1.29, 1.82) is 0 Å². The number of carbonyl (C=O) groups is 3. The molecule has 0 bridgehead atoms. The molecule has 0 aliphatic rings. The first-order valence-electron chi connectivity index (χ1n) is 30.0. The van der Waals surface area contributed by atoms with Crippen LogP contribution in [0.1, 0.15) is 265 Å². The minimum absolute atomic E-state index is 0.0924. The molecule has 0 saturated heterocycles. The zero-order valence-electron chi connectivity index (χ0n) is 47.4. The second-order valence-electron chi connectivity index (χ2n) is 19.5. The summed E-state index contributed by atoms with van der Waals surface area (Å²) in [5, 5.41) is 0. The fourth-order valence-corrected chi connectivity index (χ4v) is 8.05. The summed E-state index contributed by atoms with van der Waals surface area (Å²) in [5.41, 5.74) is 0. The van der Waals surface area contributed by atoms with Crippen LogP contribution < -0.4 is 0 Å². The average molecular weight is 1010 g/mol. The molecule has 0 aliphatic carbocycles. The predicted octanol–water partition coefficient (Wildman–Crippen LogP) is 20.4. The zero-order chi connectivity index (χ0) is 52.9. The van der Waals surface area contributed by atoms with Crippen molar-refractivity contribution >= 4 is 17.9 Å². The molecule has 1 atom stereocenters. The van der Waals surface area contributed by atoms with Gasteiger partial charge in [-0.1, -0.05) is 245 Å². The fourth-order valence-electron chi connectivity index (χ4n) is 8.05. The highest BCUT2D eigenvalue weighted by molar-refractivity contribution is 5.71. The summed E-state index contributed by atoms with van der Waals surface area (Å²) in [6, 6.07) is 0. The van der Waals surface area contributed by atoms with Gasteiger partial charge in [0.2, 0.25) is 0 Å². The molecule has 0 aromatic rings. The smallest absolute Gasteiger partial charge is 0.306 e. The molecule has 0 rings (SSSR count). The Balaban J connectivity index is 4.40.